The van der Waals surface area contributed by atoms with Gasteiger partial charge in [-0.1, -0.05) is 26.0 Å². The van der Waals surface area contributed by atoms with Gasteiger partial charge >= 0.3 is 0 Å². The number of carbonyl (C=O) groups is 2. The predicted octanol–water partition coefficient (Wildman–Crippen LogP) is 3.08. The van der Waals surface area contributed by atoms with Crippen LogP contribution in [0.15, 0.2) is 23.8 Å². The monoisotopic (exact) mass is 232 g/mol. The van der Waals surface area contributed by atoms with Crippen LogP contribution >= 0.6 is 0 Å². The number of fused-ring (bicyclic) bond motifs is 1. The zero-order chi connectivity index (χ0) is 12.8. The van der Waals surface area contributed by atoms with Gasteiger partial charge in [-0.05, 0) is 37.3 Å². The van der Waals surface area contributed by atoms with Crippen LogP contribution in [0.4, 0.5) is 0 Å². The van der Waals surface area contributed by atoms with Crippen LogP contribution in [0.25, 0.3) is 0 Å². The van der Waals surface area contributed by atoms with E-state index in [1.54, 1.807) is 13.0 Å². The molecule has 0 radical (unpaired) electrons. The van der Waals surface area contributed by atoms with Gasteiger partial charge in [0.15, 0.2) is 11.6 Å². The largest absolute Gasteiger partial charge is 0.295 e. The highest BCUT2D eigenvalue weighted by Gasteiger charge is 2.51. The van der Waals surface area contributed by atoms with Crippen molar-refractivity contribution in [2.75, 3.05) is 0 Å². The van der Waals surface area contributed by atoms with Crippen molar-refractivity contribution in [3.05, 3.63) is 23.8 Å². The first-order valence-electron chi connectivity index (χ1n) is 6.31. The zero-order valence-corrected chi connectivity index (χ0v) is 10.9. The third-order valence-corrected chi connectivity index (χ3v) is 4.72. The van der Waals surface area contributed by atoms with Crippen molar-refractivity contribution in [3.63, 3.8) is 0 Å². The van der Waals surface area contributed by atoms with Crippen molar-refractivity contribution >= 4 is 11.6 Å². The van der Waals surface area contributed by atoms with Gasteiger partial charge in [-0.25, -0.2) is 0 Å². The molecule has 0 aromatic heterocycles. The summed E-state index contributed by atoms with van der Waals surface area (Å²) in [4.78, 5) is 23.8. The third-order valence-electron chi connectivity index (χ3n) is 4.72. The van der Waals surface area contributed by atoms with Crippen molar-refractivity contribution in [1.29, 1.82) is 0 Å². The second-order valence-electron chi connectivity index (χ2n) is 5.76. The lowest BCUT2D eigenvalue weighted by Crippen LogP contribution is -2.39. The molecule has 0 spiro atoms. The maximum atomic E-state index is 12.2. The average Bonchev–Trinajstić information content (AvgIpc) is 2.56. The summed E-state index contributed by atoms with van der Waals surface area (Å²) < 4.78 is 0. The van der Waals surface area contributed by atoms with E-state index in [0.29, 0.717) is 12.0 Å². The van der Waals surface area contributed by atoms with Crippen LogP contribution in [0.1, 0.15) is 40.0 Å². The average molecular weight is 232 g/mol. The van der Waals surface area contributed by atoms with E-state index < -0.39 is 0 Å². The van der Waals surface area contributed by atoms with Crippen LogP contribution in [0.3, 0.4) is 0 Å². The maximum Gasteiger partial charge on any atom is 0.161 e. The number of hydrogen-bond donors (Lipinski definition) is 0. The molecule has 0 amide bonds. The van der Waals surface area contributed by atoms with E-state index >= 15 is 0 Å². The van der Waals surface area contributed by atoms with Gasteiger partial charge in [0.1, 0.15) is 0 Å². The highest BCUT2D eigenvalue weighted by atomic mass is 16.1. The van der Waals surface area contributed by atoms with E-state index in [1.165, 1.54) is 5.57 Å². The quantitative estimate of drug-likeness (QED) is 0.686. The fraction of sp³-hybridized carbons (Fsp3) is 0.600. The Balaban J connectivity index is 2.42. The molecule has 0 heterocycles. The molecule has 92 valence electrons. The van der Waals surface area contributed by atoms with E-state index in [0.717, 1.165) is 12.8 Å². The summed E-state index contributed by atoms with van der Waals surface area (Å²) in [7, 11) is 0. The SMILES string of the molecule is C=C(C)C(=O)C1CCC2=CC(=O)CC(C)C21C. The van der Waals surface area contributed by atoms with E-state index in [4.69, 9.17) is 0 Å². The summed E-state index contributed by atoms with van der Waals surface area (Å²) in [5.41, 5.74) is 1.70. The summed E-state index contributed by atoms with van der Waals surface area (Å²) in [5.74, 6) is 0.672. The van der Waals surface area contributed by atoms with Crippen LogP contribution in [0.5, 0.6) is 0 Å². The number of carbonyl (C=O) groups excluding carboxylic acids is 2. The number of allylic oxidation sites excluding steroid dienone is 3. The molecule has 0 N–H and O–H groups in total. The lowest BCUT2D eigenvalue weighted by Gasteiger charge is -2.40. The molecule has 0 aliphatic heterocycles. The topological polar surface area (TPSA) is 34.1 Å². The summed E-state index contributed by atoms with van der Waals surface area (Å²) in [6.45, 7) is 9.80. The van der Waals surface area contributed by atoms with Gasteiger partial charge in [-0.2, -0.15) is 0 Å². The summed E-state index contributed by atoms with van der Waals surface area (Å²) in [5, 5.41) is 0. The lowest BCUT2D eigenvalue weighted by molar-refractivity contribution is -0.124. The van der Waals surface area contributed by atoms with E-state index in [1.807, 2.05) is 0 Å². The van der Waals surface area contributed by atoms with E-state index in [2.05, 4.69) is 20.4 Å². The molecule has 0 saturated heterocycles. The molecule has 17 heavy (non-hydrogen) atoms. The first-order valence-corrected chi connectivity index (χ1v) is 6.31. The standard InChI is InChI=1S/C15H20O2/c1-9(2)14(17)13-6-5-11-8-12(16)7-10(3)15(11,13)4/h8,10,13H,1,5-7H2,2-4H3. The normalized spacial score (nSPS) is 36.4. The smallest absolute Gasteiger partial charge is 0.161 e. The van der Waals surface area contributed by atoms with Crippen LogP contribution in [0.2, 0.25) is 0 Å². The highest BCUT2D eigenvalue weighted by molar-refractivity contribution is 5.98. The molecule has 2 aliphatic carbocycles. The van der Waals surface area contributed by atoms with E-state index in [9.17, 15) is 9.59 Å². The lowest BCUT2D eigenvalue weighted by atomic mass is 9.62. The van der Waals surface area contributed by atoms with Crippen LogP contribution in [0, 0.1) is 17.3 Å². The molecule has 3 unspecified atom stereocenters. The maximum absolute atomic E-state index is 12.2. The molecule has 2 aliphatic rings. The minimum Gasteiger partial charge on any atom is -0.295 e. The summed E-state index contributed by atoms with van der Waals surface area (Å²) in [6.07, 6.45) is 4.10. The number of rotatable bonds is 2. The highest BCUT2D eigenvalue weighted by Crippen LogP contribution is 2.55. The molecule has 1 saturated carbocycles. The fourth-order valence-electron chi connectivity index (χ4n) is 3.45. The van der Waals surface area contributed by atoms with Gasteiger partial charge in [0, 0.05) is 17.8 Å². The van der Waals surface area contributed by atoms with Crippen molar-refractivity contribution in [2.24, 2.45) is 17.3 Å². The molecular weight excluding hydrogens is 212 g/mol. The molecule has 3 atom stereocenters. The fourth-order valence-corrected chi connectivity index (χ4v) is 3.45. The number of hydrogen-bond acceptors (Lipinski definition) is 2. The Morgan fingerprint density at radius 2 is 2.18 bits per heavy atom. The third kappa shape index (κ3) is 1.70. The summed E-state index contributed by atoms with van der Waals surface area (Å²) in [6, 6.07) is 0. The van der Waals surface area contributed by atoms with E-state index in [-0.39, 0.29) is 28.8 Å². The number of ketones is 2. The molecule has 0 bridgehead atoms. The first kappa shape index (κ1) is 12.3. The van der Waals surface area contributed by atoms with Gasteiger partial charge in [-0.3, -0.25) is 9.59 Å². The van der Waals surface area contributed by atoms with Crippen molar-refractivity contribution in [3.8, 4) is 0 Å². The molecular formula is C15H20O2. The van der Waals surface area contributed by atoms with Crippen LogP contribution in [-0.2, 0) is 9.59 Å². The van der Waals surface area contributed by atoms with Gasteiger partial charge < -0.3 is 0 Å². The second-order valence-corrected chi connectivity index (χ2v) is 5.76. The van der Waals surface area contributed by atoms with Crippen molar-refractivity contribution < 1.29 is 9.59 Å². The Morgan fingerprint density at radius 3 is 2.76 bits per heavy atom. The Labute approximate surface area is 103 Å². The van der Waals surface area contributed by atoms with Gasteiger partial charge in [0.2, 0.25) is 0 Å². The molecule has 2 heteroatoms. The van der Waals surface area contributed by atoms with Crippen molar-refractivity contribution in [2.45, 2.75) is 40.0 Å². The Hall–Kier alpha value is -1.18. The molecule has 2 nitrogen and oxygen atoms in total. The Kier molecular flexibility index (Phi) is 2.84. The van der Waals surface area contributed by atoms with Crippen molar-refractivity contribution in [1.82, 2.24) is 0 Å². The first-order chi connectivity index (χ1) is 7.87. The van der Waals surface area contributed by atoms with Crippen LogP contribution < -0.4 is 0 Å². The minimum atomic E-state index is -0.121. The molecule has 1 fully saturated rings. The van der Waals surface area contributed by atoms with Crippen LogP contribution in [-0.4, -0.2) is 11.6 Å². The molecule has 0 aromatic rings. The number of Topliss-reactive ketones (excluding diaryl/α,β-unsaturated/α-hetero) is 1. The minimum absolute atomic E-state index is 0.0225. The zero-order valence-electron chi connectivity index (χ0n) is 10.9. The Morgan fingerprint density at radius 1 is 1.53 bits per heavy atom. The second kappa shape index (κ2) is 3.94. The summed E-state index contributed by atoms with van der Waals surface area (Å²) >= 11 is 0. The predicted molar refractivity (Wildman–Crippen MR) is 67.5 cm³/mol. The molecule has 2 rings (SSSR count). The van der Waals surface area contributed by atoms with Gasteiger partial charge in [-0.15, -0.1) is 0 Å². The Bertz CT molecular complexity index is 430. The molecule has 0 aromatic carbocycles. The van der Waals surface area contributed by atoms with Gasteiger partial charge in [0.25, 0.3) is 0 Å². The van der Waals surface area contributed by atoms with Gasteiger partial charge in [0.05, 0.1) is 0 Å².